The van der Waals surface area contributed by atoms with Crippen molar-refractivity contribution in [3.63, 3.8) is 0 Å². The van der Waals surface area contributed by atoms with Gasteiger partial charge in [-0.2, -0.15) is 0 Å². The Morgan fingerprint density at radius 2 is 1.20 bits per heavy atom. The molecular weight excluding hydrogens is 306 g/mol. The van der Waals surface area contributed by atoms with Crippen LogP contribution in [0.25, 0.3) is 0 Å². The molecule has 64 valence electrons. The second-order valence-electron chi connectivity index (χ2n) is 3.31. The molecule has 0 fully saturated rings. The van der Waals surface area contributed by atoms with Crippen LogP contribution in [0, 0.1) is 0 Å². The van der Waals surface area contributed by atoms with Crippen molar-refractivity contribution in [2.24, 2.45) is 11.6 Å². The number of hydrogen-bond donors (Lipinski definition) is 0. The predicted octanol–water partition coefficient (Wildman–Crippen LogP) is -2.71. The predicted molar refractivity (Wildman–Crippen MR) is 55.8 cm³/mol. The zero-order chi connectivity index (χ0) is 9.88. The molecule has 0 saturated carbocycles. The molecule has 4 rings (SSSR count). The first-order chi connectivity index (χ1) is 7.37. The van der Waals surface area contributed by atoms with Crippen LogP contribution >= 0.6 is 0 Å². The van der Waals surface area contributed by atoms with E-state index in [2.05, 4.69) is 16.7 Å². The van der Waals surface area contributed by atoms with Gasteiger partial charge in [0, 0.05) is 0 Å². The van der Waals surface area contributed by atoms with Gasteiger partial charge in [0.15, 0.2) is 0 Å². The third-order valence-electron chi connectivity index (χ3n) is 2.44. The third-order valence-corrected chi connectivity index (χ3v) is 22.0. The summed E-state index contributed by atoms with van der Waals surface area (Å²) in [4.78, 5) is 0. The van der Waals surface area contributed by atoms with Crippen molar-refractivity contribution < 1.29 is 6.96 Å². The number of hydrogen-bond acceptors (Lipinski definition) is 8. The topological polar surface area (TPSA) is 74.4 Å². The van der Waals surface area contributed by atoms with Crippen molar-refractivity contribution in [1.82, 2.24) is 5.07 Å². The summed E-state index contributed by atoms with van der Waals surface area (Å²) in [6, 6.07) is 0. The molecule has 4 heterocycles. The van der Waals surface area contributed by atoms with Crippen LogP contribution in [0.2, 0.25) is 0 Å². The van der Waals surface area contributed by atoms with Crippen LogP contribution in [0.15, 0.2) is 11.6 Å². The Morgan fingerprint density at radius 1 is 0.800 bits per heavy atom. The van der Waals surface area contributed by atoms with Gasteiger partial charge in [0.1, 0.15) is 0 Å². The summed E-state index contributed by atoms with van der Waals surface area (Å²) in [6.07, 6.45) is 0. The summed E-state index contributed by atoms with van der Waals surface area (Å²) in [5.41, 5.74) is 0. The quantitative estimate of drug-likeness (QED) is 0.456. The van der Waals surface area contributed by atoms with Gasteiger partial charge in [-0.1, -0.05) is 0 Å². The molecule has 0 aromatic carbocycles. The summed E-state index contributed by atoms with van der Waals surface area (Å²) >= 11 is -3.19. The van der Waals surface area contributed by atoms with E-state index in [0.717, 1.165) is 0 Å². The molecule has 15 heteroatoms. The van der Waals surface area contributed by atoms with Gasteiger partial charge in [0.05, 0.1) is 0 Å². The van der Waals surface area contributed by atoms with Crippen molar-refractivity contribution in [3.8, 4) is 0 Å². The number of rotatable bonds is 0. The molecule has 0 aliphatic carbocycles. The minimum atomic E-state index is -2.17. The first-order valence-corrected chi connectivity index (χ1v) is 13.3. The van der Waals surface area contributed by atoms with Gasteiger partial charge in [-0.05, 0) is 0 Å². The molecule has 0 unspecified atom stereocenters. The van der Waals surface area contributed by atoms with Crippen LogP contribution in [0.3, 0.4) is 0 Å². The summed E-state index contributed by atoms with van der Waals surface area (Å²) in [5.74, 6) is 0. The van der Waals surface area contributed by atoms with Crippen LogP contribution < -0.4 is 0 Å². The van der Waals surface area contributed by atoms with Crippen molar-refractivity contribution in [2.75, 3.05) is 0 Å². The normalized spacial score (nSPS) is 25.6. The van der Waals surface area contributed by atoms with Crippen molar-refractivity contribution in [2.45, 2.75) is 0 Å². The summed E-state index contributed by atoms with van der Waals surface area (Å²) in [7, 11) is -2.17. The van der Waals surface area contributed by atoms with Crippen molar-refractivity contribution in [3.05, 3.63) is 0 Å². The fraction of sp³-hybridized carbons (Fsp3) is 0. The van der Waals surface area contributed by atoms with E-state index in [4.69, 9.17) is 6.96 Å². The standard InChI is InChI=1S/6Al.N2O2Si.4N/c;;;;;;1-5(2,3)4;;;;/q;;;;2*+1;-2;;;;. The fourth-order valence-electron chi connectivity index (χ4n) is 1.74. The van der Waals surface area contributed by atoms with Crippen LogP contribution in [0.4, 0.5) is 0 Å². The van der Waals surface area contributed by atoms with Crippen LogP contribution in [-0.4, -0.2) is 105 Å². The van der Waals surface area contributed by atoms with Gasteiger partial charge >= 0.3 is 123 Å². The van der Waals surface area contributed by atoms with E-state index in [-0.39, 0.29) is 61.0 Å². The Labute approximate surface area is 122 Å². The summed E-state index contributed by atoms with van der Waals surface area (Å²) in [6.45, 7) is 0. The Bertz CT molecular complexity index is 365. The van der Waals surface area contributed by atoms with Crippen LogP contribution in [-0.2, 0) is 6.96 Å². The summed E-state index contributed by atoms with van der Waals surface area (Å²) in [5, 5.41) is 0. The van der Waals surface area contributed by atoms with Crippen molar-refractivity contribution in [1.29, 1.82) is 0 Å². The fourth-order valence-corrected chi connectivity index (χ4v) is 31.7. The Balaban J connectivity index is 1.94. The third kappa shape index (κ3) is 1.65. The van der Waals surface area contributed by atoms with Gasteiger partial charge in [-0.3, -0.25) is 0 Å². The average molecular weight is 306 g/mol. The van der Waals surface area contributed by atoms with E-state index >= 15 is 0 Å². The molecule has 0 radical (unpaired) electrons. The first-order valence-electron chi connectivity index (χ1n) is 4.43. The molecule has 8 nitrogen and oxygen atoms in total. The monoisotopic (exact) mass is 306 g/mol. The molecule has 0 aromatic heterocycles. The number of fused-ring (bicyclic) bond motifs is 2. The first kappa shape index (κ1) is 11.0. The zero-order valence-corrected chi connectivity index (χ0v) is 15.4. The number of nitrogens with zero attached hydrogens (tertiary/aromatic N) is 6. The van der Waals surface area contributed by atoms with Gasteiger partial charge in [-0.25, -0.2) is 0 Å². The van der Waals surface area contributed by atoms with Crippen LogP contribution in [0.1, 0.15) is 0 Å². The SMILES string of the molecule is [N]1=[Al][N]2[Al]=[N][Al]3[N]=[Al][N]4[Al]=[N][Al]1[O][Si]24[O]3. The maximum absolute atomic E-state index is 6.12. The van der Waals surface area contributed by atoms with E-state index < -0.39 is 38.7 Å². The second-order valence-corrected chi connectivity index (χ2v) is 19.8. The molecule has 0 N–H and O–H groups in total. The molecule has 0 aromatic rings. The molecule has 0 atom stereocenters. The maximum atomic E-state index is 6.12. The molecule has 1 spiro atoms. The summed E-state index contributed by atoms with van der Waals surface area (Å²) < 4.78 is 35.3. The van der Waals surface area contributed by atoms with Gasteiger partial charge < -0.3 is 0 Å². The Kier molecular flexibility index (Phi) is 2.98. The van der Waals surface area contributed by atoms with Gasteiger partial charge in [-0.15, -0.1) is 0 Å². The minimum absolute atomic E-state index is 0.0126. The average Bonchev–Trinajstić information content (AvgIpc) is 2.26. The van der Waals surface area contributed by atoms with Crippen LogP contribution in [0.5, 0.6) is 0 Å². The molecule has 3 bridgehead atoms. The zero-order valence-electron chi connectivity index (χ0n) is 7.46. The second kappa shape index (κ2) is 4.07. The Hall–Kier alpha value is 2.13. The molecule has 15 heavy (non-hydrogen) atoms. The van der Waals surface area contributed by atoms with E-state index in [1.165, 1.54) is 0 Å². The molecule has 4 aliphatic heterocycles. The Morgan fingerprint density at radius 3 is 1.60 bits per heavy atom. The van der Waals surface area contributed by atoms with E-state index in [1.54, 1.807) is 0 Å². The van der Waals surface area contributed by atoms with Crippen molar-refractivity contribution >= 4 is 99.7 Å². The molecule has 4 aliphatic rings. The van der Waals surface area contributed by atoms with Gasteiger partial charge in [0.2, 0.25) is 0 Å². The molecular formula is Al6N6O2Si. The van der Waals surface area contributed by atoms with E-state index in [9.17, 15) is 0 Å². The van der Waals surface area contributed by atoms with Gasteiger partial charge in [0.25, 0.3) is 0 Å². The van der Waals surface area contributed by atoms with E-state index in [0.29, 0.717) is 0 Å². The molecule has 0 amide bonds. The molecule has 0 saturated heterocycles. The van der Waals surface area contributed by atoms with E-state index in [1.807, 2.05) is 0 Å².